The molecular formula is C39H25N3S. The highest BCUT2D eigenvalue weighted by molar-refractivity contribution is 7.26. The van der Waals surface area contributed by atoms with E-state index >= 15 is 0 Å². The first-order chi connectivity index (χ1) is 21.3. The number of aromatic nitrogens is 3. The molecule has 0 bridgehead atoms. The molecule has 8 aromatic rings. The third-order valence-electron chi connectivity index (χ3n) is 7.78. The lowest BCUT2D eigenvalue weighted by Crippen LogP contribution is -2.01. The number of hydrogen-bond donors (Lipinski definition) is 0. The van der Waals surface area contributed by atoms with E-state index in [-0.39, 0.29) is 0 Å². The van der Waals surface area contributed by atoms with Crippen molar-refractivity contribution in [3.05, 3.63) is 152 Å². The van der Waals surface area contributed by atoms with E-state index in [1.165, 1.54) is 25.7 Å². The topological polar surface area (TPSA) is 38.7 Å². The lowest BCUT2D eigenvalue weighted by molar-refractivity contribution is 1.08. The molecule has 202 valence electrons. The highest BCUT2D eigenvalue weighted by Gasteiger charge is 2.18. The van der Waals surface area contributed by atoms with Crippen LogP contribution in [0.4, 0.5) is 0 Å². The SMILES string of the molecule is c1ccc(-c2ccc(-c3nc(-c4ccccc4-c4ccccc4)nc(-c4cccc5c4sc4ccccc45)n3)cc2)cc1. The van der Waals surface area contributed by atoms with Crippen LogP contribution < -0.4 is 0 Å². The molecule has 3 nitrogen and oxygen atoms in total. The molecule has 2 heterocycles. The van der Waals surface area contributed by atoms with Crippen molar-refractivity contribution in [2.24, 2.45) is 0 Å². The van der Waals surface area contributed by atoms with Gasteiger partial charge in [0.25, 0.3) is 0 Å². The van der Waals surface area contributed by atoms with E-state index < -0.39 is 0 Å². The summed E-state index contributed by atoms with van der Waals surface area (Å²) in [5, 5.41) is 2.48. The van der Waals surface area contributed by atoms with Gasteiger partial charge in [-0.25, -0.2) is 15.0 Å². The largest absolute Gasteiger partial charge is 0.208 e. The van der Waals surface area contributed by atoms with Gasteiger partial charge in [-0.1, -0.05) is 140 Å². The Kier molecular flexibility index (Phi) is 6.32. The molecule has 2 aromatic heterocycles. The van der Waals surface area contributed by atoms with Crippen LogP contribution in [-0.2, 0) is 0 Å². The molecule has 0 saturated heterocycles. The van der Waals surface area contributed by atoms with Crippen LogP contribution in [0.3, 0.4) is 0 Å². The second-order valence-electron chi connectivity index (χ2n) is 10.4. The molecule has 8 rings (SSSR count). The minimum Gasteiger partial charge on any atom is -0.208 e. The molecule has 0 spiro atoms. The fourth-order valence-electron chi connectivity index (χ4n) is 5.66. The Morgan fingerprint density at radius 2 is 0.837 bits per heavy atom. The first-order valence-electron chi connectivity index (χ1n) is 14.3. The molecule has 0 N–H and O–H groups in total. The average Bonchev–Trinajstić information content (AvgIpc) is 3.48. The highest BCUT2D eigenvalue weighted by atomic mass is 32.1. The number of nitrogens with zero attached hydrogens (tertiary/aromatic N) is 3. The summed E-state index contributed by atoms with van der Waals surface area (Å²) in [7, 11) is 0. The molecule has 43 heavy (non-hydrogen) atoms. The van der Waals surface area contributed by atoms with Crippen LogP contribution in [0.2, 0.25) is 0 Å². The normalized spacial score (nSPS) is 11.3. The van der Waals surface area contributed by atoms with Crippen LogP contribution in [0.15, 0.2) is 152 Å². The minimum atomic E-state index is 0.653. The third-order valence-corrected chi connectivity index (χ3v) is 9.00. The molecule has 0 atom stereocenters. The zero-order valence-corrected chi connectivity index (χ0v) is 24.0. The summed E-state index contributed by atoms with van der Waals surface area (Å²) >= 11 is 1.79. The van der Waals surface area contributed by atoms with Crippen LogP contribution >= 0.6 is 11.3 Å². The standard InChI is InChI=1S/C39H25N3S/c1-3-12-26(13-4-1)27-22-24-29(25-23-27)37-40-38(33-18-8-7-16-30(33)28-14-5-2-6-15-28)42-39(41-37)34-20-11-19-32-31-17-9-10-21-35(31)43-36(32)34/h1-25H. The second-order valence-corrected chi connectivity index (χ2v) is 11.5. The van der Waals surface area contributed by atoms with Crippen molar-refractivity contribution in [1.82, 2.24) is 15.0 Å². The Morgan fingerprint density at radius 3 is 1.60 bits per heavy atom. The number of hydrogen-bond acceptors (Lipinski definition) is 4. The quantitative estimate of drug-likeness (QED) is 0.208. The van der Waals surface area contributed by atoms with Crippen molar-refractivity contribution in [2.45, 2.75) is 0 Å². The van der Waals surface area contributed by atoms with Gasteiger partial charge in [-0.05, 0) is 34.4 Å². The van der Waals surface area contributed by atoms with Gasteiger partial charge in [0.1, 0.15) is 0 Å². The molecule has 4 heteroatoms. The van der Waals surface area contributed by atoms with Gasteiger partial charge < -0.3 is 0 Å². The molecule has 0 aliphatic heterocycles. The molecule has 0 amide bonds. The molecule has 0 unspecified atom stereocenters. The fraction of sp³-hybridized carbons (Fsp3) is 0. The summed E-state index contributed by atoms with van der Waals surface area (Å²) in [5.74, 6) is 1.98. The lowest BCUT2D eigenvalue weighted by Gasteiger charge is -2.12. The predicted molar refractivity (Wildman–Crippen MR) is 180 cm³/mol. The van der Waals surface area contributed by atoms with Crippen molar-refractivity contribution in [3.8, 4) is 56.4 Å². The molecule has 6 aromatic carbocycles. The van der Waals surface area contributed by atoms with Crippen LogP contribution in [0.1, 0.15) is 0 Å². The van der Waals surface area contributed by atoms with E-state index in [4.69, 9.17) is 15.0 Å². The Hall–Kier alpha value is -5.45. The Morgan fingerprint density at radius 1 is 0.326 bits per heavy atom. The summed E-state index contributed by atoms with van der Waals surface area (Å²) in [6.45, 7) is 0. The van der Waals surface area contributed by atoms with Crippen molar-refractivity contribution < 1.29 is 0 Å². The van der Waals surface area contributed by atoms with Crippen molar-refractivity contribution in [1.29, 1.82) is 0 Å². The summed E-state index contributed by atoms with van der Waals surface area (Å²) in [6.07, 6.45) is 0. The summed E-state index contributed by atoms with van der Waals surface area (Å²) in [4.78, 5) is 15.4. The van der Waals surface area contributed by atoms with Gasteiger partial charge in [0, 0.05) is 36.9 Å². The fourth-order valence-corrected chi connectivity index (χ4v) is 6.87. The van der Waals surface area contributed by atoms with E-state index in [1.54, 1.807) is 11.3 Å². The molecule has 0 aliphatic rings. The lowest BCUT2D eigenvalue weighted by atomic mass is 9.99. The first-order valence-corrected chi connectivity index (χ1v) is 15.1. The van der Waals surface area contributed by atoms with Crippen LogP contribution in [0.5, 0.6) is 0 Å². The maximum atomic E-state index is 5.16. The number of fused-ring (bicyclic) bond motifs is 3. The number of rotatable bonds is 5. The van der Waals surface area contributed by atoms with Gasteiger partial charge in [-0.15, -0.1) is 11.3 Å². The smallest absolute Gasteiger partial charge is 0.165 e. The maximum absolute atomic E-state index is 5.16. The van der Waals surface area contributed by atoms with E-state index in [0.29, 0.717) is 17.5 Å². The van der Waals surface area contributed by atoms with Gasteiger partial charge >= 0.3 is 0 Å². The molecule has 0 fully saturated rings. The van der Waals surface area contributed by atoms with E-state index in [1.807, 2.05) is 18.2 Å². The predicted octanol–water partition coefficient (Wildman–Crippen LogP) is 10.6. The molecule has 0 saturated carbocycles. The third kappa shape index (κ3) is 4.68. The minimum absolute atomic E-state index is 0.653. The maximum Gasteiger partial charge on any atom is 0.165 e. The van der Waals surface area contributed by atoms with Crippen molar-refractivity contribution >= 4 is 31.5 Å². The van der Waals surface area contributed by atoms with E-state index in [0.717, 1.165) is 33.4 Å². The Bertz CT molecular complexity index is 2220. The number of thiophene rings is 1. The molecule has 0 radical (unpaired) electrons. The first kappa shape index (κ1) is 25.3. The van der Waals surface area contributed by atoms with Crippen molar-refractivity contribution in [3.63, 3.8) is 0 Å². The van der Waals surface area contributed by atoms with E-state index in [2.05, 4.69) is 133 Å². The summed E-state index contributed by atoms with van der Waals surface area (Å²) in [6, 6.07) is 52.6. The summed E-state index contributed by atoms with van der Waals surface area (Å²) < 4.78 is 2.44. The zero-order valence-electron chi connectivity index (χ0n) is 23.2. The molecular weight excluding hydrogens is 543 g/mol. The average molecular weight is 568 g/mol. The van der Waals surface area contributed by atoms with Gasteiger partial charge in [-0.2, -0.15) is 0 Å². The van der Waals surface area contributed by atoms with Gasteiger partial charge in [0.15, 0.2) is 17.5 Å². The monoisotopic (exact) mass is 567 g/mol. The van der Waals surface area contributed by atoms with Crippen LogP contribution in [0, 0.1) is 0 Å². The second kappa shape index (κ2) is 10.8. The van der Waals surface area contributed by atoms with Gasteiger partial charge in [0.2, 0.25) is 0 Å². The van der Waals surface area contributed by atoms with Gasteiger partial charge in [-0.3, -0.25) is 0 Å². The Labute approximate surface area is 253 Å². The molecule has 0 aliphatic carbocycles. The van der Waals surface area contributed by atoms with Crippen molar-refractivity contribution in [2.75, 3.05) is 0 Å². The Balaban J connectivity index is 1.34. The highest BCUT2D eigenvalue weighted by Crippen LogP contribution is 2.40. The summed E-state index contributed by atoms with van der Waals surface area (Å²) in [5.41, 5.74) is 7.49. The van der Waals surface area contributed by atoms with Gasteiger partial charge in [0.05, 0.1) is 0 Å². The van der Waals surface area contributed by atoms with Crippen LogP contribution in [0.25, 0.3) is 76.6 Å². The zero-order chi connectivity index (χ0) is 28.6. The van der Waals surface area contributed by atoms with E-state index in [9.17, 15) is 0 Å². The van der Waals surface area contributed by atoms with Crippen LogP contribution in [-0.4, -0.2) is 15.0 Å². The number of benzene rings is 6.